The van der Waals surface area contributed by atoms with Crippen LogP contribution >= 0.6 is 0 Å². The zero-order chi connectivity index (χ0) is 25.2. The number of ether oxygens (including phenoxy) is 1. The Balaban J connectivity index is 1.17. The average molecular weight is 512 g/mol. The van der Waals surface area contributed by atoms with Crippen LogP contribution < -0.4 is 20.8 Å². The maximum atomic E-state index is 14.9. The molecule has 11 heteroatoms. The first-order valence-corrected chi connectivity index (χ1v) is 14.2. The minimum absolute atomic E-state index is 0.101. The van der Waals surface area contributed by atoms with Crippen molar-refractivity contribution in [3.63, 3.8) is 0 Å². The van der Waals surface area contributed by atoms with E-state index in [2.05, 4.69) is 20.3 Å². The highest BCUT2D eigenvalue weighted by Gasteiger charge is 2.29. The summed E-state index contributed by atoms with van der Waals surface area (Å²) in [7, 11) is -1.91. The molecule has 0 spiro atoms. The van der Waals surface area contributed by atoms with Crippen LogP contribution in [0.1, 0.15) is 64.0 Å². The molecule has 1 fully saturated rings. The lowest BCUT2D eigenvalue weighted by Gasteiger charge is -2.29. The molecule has 1 aliphatic heterocycles. The molecule has 190 valence electrons. The van der Waals surface area contributed by atoms with Crippen molar-refractivity contribution in [3.8, 4) is 5.75 Å². The SMILES string of the molecule is Cc1nc(C2CCC2)oc1COc1cc2c(cc1F)C[Si@@H]([C@H](O)CNC(=O)c1ccnc(N)c1)NC2. The summed E-state index contributed by atoms with van der Waals surface area (Å²) < 4.78 is 26.5. The Labute approximate surface area is 210 Å². The molecule has 0 radical (unpaired) electrons. The second kappa shape index (κ2) is 10.4. The number of hydrogen-bond acceptors (Lipinski definition) is 8. The van der Waals surface area contributed by atoms with Gasteiger partial charge in [0, 0.05) is 30.8 Å². The molecule has 3 aromatic rings. The van der Waals surface area contributed by atoms with Crippen LogP contribution in [0, 0.1) is 12.7 Å². The smallest absolute Gasteiger partial charge is 0.251 e. The van der Waals surface area contributed by atoms with Crippen LogP contribution in [0.4, 0.5) is 10.2 Å². The minimum Gasteiger partial charge on any atom is -0.482 e. The van der Waals surface area contributed by atoms with Gasteiger partial charge in [-0.1, -0.05) is 6.42 Å². The highest BCUT2D eigenvalue weighted by Crippen LogP contribution is 2.36. The Morgan fingerprint density at radius 2 is 2.22 bits per heavy atom. The molecule has 2 aliphatic rings. The third-order valence-electron chi connectivity index (χ3n) is 6.95. The van der Waals surface area contributed by atoms with E-state index in [0.717, 1.165) is 35.6 Å². The van der Waals surface area contributed by atoms with E-state index in [1.54, 1.807) is 12.1 Å². The van der Waals surface area contributed by atoms with E-state index in [-0.39, 0.29) is 30.6 Å². The molecule has 1 amide bonds. The van der Waals surface area contributed by atoms with E-state index in [1.165, 1.54) is 24.8 Å². The van der Waals surface area contributed by atoms with E-state index in [0.29, 0.717) is 29.8 Å². The van der Waals surface area contributed by atoms with Gasteiger partial charge in [-0.05, 0) is 61.2 Å². The maximum Gasteiger partial charge on any atom is 0.251 e. The van der Waals surface area contributed by atoms with Gasteiger partial charge in [0.25, 0.3) is 5.91 Å². The quantitative estimate of drug-likeness (QED) is 0.338. The van der Waals surface area contributed by atoms with Gasteiger partial charge in [-0.25, -0.2) is 14.4 Å². The van der Waals surface area contributed by atoms with Gasteiger partial charge in [0.05, 0.1) is 11.4 Å². The monoisotopic (exact) mass is 511 g/mol. The minimum atomic E-state index is -1.91. The number of aryl methyl sites for hydroxylation is 1. The van der Waals surface area contributed by atoms with Crippen LogP contribution in [-0.4, -0.2) is 42.2 Å². The number of amides is 1. The fraction of sp³-hybridized carbons (Fsp3) is 0.400. The number of anilines is 1. The molecular formula is C25H30FN5O4Si. The van der Waals surface area contributed by atoms with Crippen molar-refractivity contribution >= 4 is 20.7 Å². The van der Waals surface area contributed by atoms with Crippen LogP contribution in [0.15, 0.2) is 34.9 Å². The number of carbonyl (C=O) groups is 1. The van der Waals surface area contributed by atoms with Crippen LogP contribution in [0.5, 0.6) is 5.75 Å². The molecule has 0 bridgehead atoms. The van der Waals surface area contributed by atoms with Crippen molar-refractivity contribution in [2.24, 2.45) is 0 Å². The van der Waals surface area contributed by atoms with Gasteiger partial charge in [0.1, 0.15) is 21.4 Å². The zero-order valence-electron chi connectivity index (χ0n) is 20.1. The summed E-state index contributed by atoms with van der Waals surface area (Å²) >= 11 is 0. The van der Waals surface area contributed by atoms with Crippen LogP contribution in [-0.2, 0) is 19.2 Å². The molecule has 9 nitrogen and oxygen atoms in total. The lowest BCUT2D eigenvalue weighted by molar-refractivity contribution is 0.0937. The van der Waals surface area contributed by atoms with E-state index in [4.69, 9.17) is 14.9 Å². The van der Waals surface area contributed by atoms with Gasteiger partial charge >= 0.3 is 0 Å². The van der Waals surface area contributed by atoms with E-state index in [1.807, 2.05) is 6.92 Å². The summed E-state index contributed by atoms with van der Waals surface area (Å²) in [6.45, 7) is 2.60. The van der Waals surface area contributed by atoms with E-state index in [9.17, 15) is 14.3 Å². The summed E-state index contributed by atoms with van der Waals surface area (Å²) in [6.07, 6.45) is 4.85. The number of aromatic nitrogens is 2. The molecule has 0 unspecified atom stereocenters. The predicted molar refractivity (Wildman–Crippen MR) is 133 cm³/mol. The first kappa shape index (κ1) is 24.4. The first-order valence-electron chi connectivity index (χ1n) is 12.2. The number of pyridine rings is 1. The van der Waals surface area contributed by atoms with Crippen LogP contribution in [0.25, 0.3) is 0 Å². The normalized spacial score (nSPS) is 18.2. The van der Waals surface area contributed by atoms with Crippen LogP contribution in [0.2, 0.25) is 0 Å². The van der Waals surface area contributed by atoms with E-state index < -0.39 is 20.5 Å². The molecule has 0 saturated heterocycles. The summed E-state index contributed by atoms with van der Waals surface area (Å²) in [5.41, 5.74) is 7.84. The van der Waals surface area contributed by atoms with Gasteiger partial charge in [0.2, 0.25) is 0 Å². The molecule has 5 N–H and O–H groups in total. The second-order valence-corrected chi connectivity index (χ2v) is 12.3. The molecule has 1 aliphatic carbocycles. The number of aliphatic hydroxyl groups is 1. The lowest BCUT2D eigenvalue weighted by atomic mass is 9.85. The molecule has 2 aromatic heterocycles. The largest absolute Gasteiger partial charge is 0.482 e. The number of rotatable bonds is 8. The van der Waals surface area contributed by atoms with Crippen molar-refractivity contribution in [2.45, 2.75) is 57.0 Å². The number of nitrogens with one attached hydrogen (secondary N) is 2. The number of nitrogens with zero attached hydrogens (tertiary/aromatic N) is 2. The summed E-state index contributed by atoms with van der Waals surface area (Å²) in [5, 5.41) is 13.4. The summed E-state index contributed by atoms with van der Waals surface area (Å²) in [6, 6.07) is 6.79. The Kier molecular flexibility index (Phi) is 7.03. The number of oxazole rings is 1. The Hall–Kier alpha value is -3.28. The third-order valence-corrected chi connectivity index (χ3v) is 9.72. The first-order chi connectivity index (χ1) is 17.4. The number of carbonyl (C=O) groups excluding carboxylic acids is 1. The lowest BCUT2D eigenvalue weighted by Crippen LogP contribution is -2.53. The Morgan fingerprint density at radius 3 is 2.97 bits per heavy atom. The van der Waals surface area contributed by atoms with Gasteiger partial charge in [-0.3, -0.25) is 4.79 Å². The van der Waals surface area contributed by atoms with Gasteiger partial charge in [-0.15, -0.1) is 0 Å². The van der Waals surface area contributed by atoms with Crippen molar-refractivity contribution in [1.29, 1.82) is 0 Å². The van der Waals surface area contributed by atoms with Gasteiger partial charge < -0.3 is 30.3 Å². The second-order valence-electron chi connectivity index (χ2n) is 9.47. The van der Waals surface area contributed by atoms with Crippen molar-refractivity contribution in [1.82, 2.24) is 20.3 Å². The number of halogens is 1. The third kappa shape index (κ3) is 5.27. The standard InChI is InChI=1S/C25H30FN5O4Si/c1-14-21(35-25(31-14)15-3-2-4-15)12-34-20-8-17-10-30-36(13-18(17)7-19(20)26)23(32)11-29-24(33)16-5-6-28-22(27)9-16/h5-9,15,23,30,32,36H,2-4,10-13H2,1H3,(H2,27,28)(H,29,33)/t23-,36-/m0/s1. The van der Waals surface area contributed by atoms with Crippen molar-refractivity contribution < 1.29 is 23.4 Å². The number of benzene rings is 1. The number of hydrogen-bond donors (Lipinski definition) is 4. The molecular weight excluding hydrogens is 481 g/mol. The fourth-order valence-corrected chi connectivity index (χ4v) is 6.94. The Morgan fingerprint density at radius 1 is 1.39 bits per heavy atom. The highest BCUT2D eigenvalue weighted by molar-refractivity contribution is 6.57. The maximum absolute atomic E-state index is 14.9. The number of fused-ring (bicyclic) bond motifs is 1. The molecule has 36 heavy (non-hydrogen) atoms. The molecule has 3 heterocycles. The topological polar surface area (TPSA) is 136 Å². The number of nitrogens with two attached hydrogens (primary N) is 1. The molecule has 5 rings (SSSR count). The fourth-order valence-electron chi connectivity index (χ4n) is 4.51. The Bertz CT molecular complexity index is 1270. The highest BCUT2D eigenvalue weighted by atomic mass is 28.3. The molecule has 1 aromatic carbocycles. The van der Waals surface area contributed by atoms with Crippen LogP contribution in [0.3, 0.4) is 0 Å². The molecule has 2 atom stereocenters. The summed E-state index contributed by atoms with van der Waals surface area (Å²) in [5.74, 6) is 1.41. The summed E-state index contributed by atoms with van der Waals surface area (Å²) in [4.78, 5) is 24.1. The average Bonchev–Trinajstić information content (AvgIpc) is 3.18. The number of nitrogen functional groups attached to an aromatic ring is 1. The predicted octanol–water partition coefficient (Wildman–Crippen LogP) is 2.18. The van der Waals surface area contributed by atoms with Gasteiger partial charge in [-0.2, -0.15) is 0 Å². The molecule has 1 saturated carbocycles. The van der Waals surface area contributed by atoms with Gasteiger partial charge in [0.15, 0.2) is 23.2 Å². The van der Waals surface area contributed by atoms with E-state index >= 15 is 0 Å². The zero-order valence-corrected chi connectivity index (χ0v) is 21.2. The van der Waals surface area contributed by atoms with Crippen molar-refractivity contribution in [3.05, 3.63) is 70.3 Å². The van der Waals surface area contributed by atoms with Crippen molar-refractivity contribution in [2.75, 3.05) is 12.3 Å². The number of aliphatic hydroxyl groups excluding tert-OH is 1.